The second-order valence-corrected chi connectivity index (χ2v) is 9.24. The summed E-state index contributed by atoms with van der Waals surface area (Å²) in [7, 11) is -4.07. The molecule has 0 bridgehead atoms. The fraction of sp³-hybridized carbons (Fsp3) is 0.125. The van der Waals surface area contributed by atoms with Crippen LogP contribution in [0, 0.1) is 12.7 Å². The van der Waals surface area contributed by atoms with Gasteiger partial charge in [-0.2, -0.15) is 0 Å². The van der Waals surface area contributed by atoms with Gasteiger partial charge in [-0.3, -0.25) is 19.1 Å². The zero-order valence-corrected chi connectivity index (χ0v) is 19.5. The molecular weight excluding hydrogens is 475 g/mol. The Morgan fingerprint density at radius 3 is 2.29 bits per heavy atom. The minimum Gasteiger partial charge on any atom is -0.370 e. The van der Waals surface area contributed by atoms with E-state index in [1.165, 1.54) is 42.5 Å². The summed E-state index contributed by atoms with van der Waals surface area (Å²) in [5.74, 6) is -2.22. The molecular formula is C24H23FN4O5S. The molecule has 0 saturated heterocycles. The average Bonchev–Trinajstić information content (AvgIpc) is 2.80. The van der Waals surface area contributed by atoms with Crippen LogP contribution in [0.15, 0.2) is 71.6 Å². The molecule has 0 aromatic heterocycles. The molecule has 0 unspecified atom stereocenters. The van der Waals surface area contributed by atoms with Crippen LogP contribution < -0.4 is 21.1 Å². The molecule has 3 amide bonds. The molecule has 5 N–H and O–H groups in total. The summed E-state index contributed by atoms with van der Waals surface area (Å²) in [6.07, 6.45) is -0.0350. The maximum atomic E-state index is 13.1. The summed E-state index contributed by atoms with van der Waals surface area (Å²) in [6, 6.07) is 15.1. The second-order valence-electron chi connectivity index (χ2n) is 7.56. The summed E-state index contributed by atoms with van der Waals surface area (Å²) in [5.41, 5.74) is 6.18. The van der Waals surface area contributed by atoms with Crippen molar-refractivity contribution in [2.45, 2.75) is 18.2 Å². The van der Waals surface area contributed by atoms with E-state index in [0.717, 1.165) is 12.1 Å². The number of primary amides is 1. The number of benzene rings is 3. The summed E-state index contributed by atoms with van der Waals surface area (Å²) in [6.45, 7) is 1.68. The van der Waals surface area contributed by atoms with Gasteiger partial charge in [0.1, 0.15) is 5.82 Å². The maximum absolute atomic E-state index is 13.1. The number of carbonyl (C=O) groups excluding carboxylic acids is 3. The molecule has 0 heterocycles. The zero-order valence-electron chi connectivity index (χ0n) is 18.7. The first-order valence-electron chi connectivity index (χ1n) is 10.4. The van der Waals surface area contributed by atoms with Gasteiger partial charge in [0, 0.05) is 24.2 Å². The Labute approximate surface area is 201 Å². The maximum Gasteiger partial charge on any atom is 0.261 e. The number of anilines is 2. The first-order valence-corrected chi connectivity index (χ1v) is 11.9. The third-order valence-electron chi connectivity index (χ3n) is 4.94. The fourth-order valence-corrected chi connectivity index (χ4v) is 4.20. The highest BCUT2D eigenvalue weighted by Crippen LogP contribution is 2.22. The highest BCUT2D eigenvalue weighted by molar-refractivity contribution is 7.92. The first kappa shape index (κ1) is 25.4. The minimum absolute atomic E-state index is 0.0350. The van der Waals surface area contributed by atoms with Crippen molar-refractivity contribution in [1.82, 2.24) is 5.32 Å². The highest BCUT2D eigenvalue weighted by atomic mass is 32.2. The van der Waals surface area contributed by atoms with Crippen molar-refractivity contribution in [3.63, 3.8) is 0 Å². The lowest BCUT2D eigenvalue weighted by Gasteiger charge is -2.14. The molecule has 3 aromatic rings. The third-order valence-corrected chi connectivity index (χ3v) is 6.32. The molecule has 0 atom stereocenters. The normalized spacial score (nSPS) is 10.9. The van der Waals surface area contributed by atoms with Gasteiger partial charge >= 0.3 is 0 Å². The number of aryl methyl sites for hydroxylation is 1. The molecule has 0 saturated carbocycles. The van der Waals surface area contributed by atoms with Gasteiger partial charge in [0.15, 0.2) is 0 Å². The number of sulfonamides is 1. The van der Waals surface area contributed by atoms with Crippen LogP contribution in [-0.4, -0.2) is 32.7 Å². The van der Waals surface area contributed by atoms with Crippen LogP contribution in [0.4, 0.5) is 15.8 Å². The molecule has 9 nitrogen and oxygen atoms in total. The van der Waals surface area contributed by atoms with Crippen LogP contribution in [0.3, 0.4) is 0 Å². The van der Waals surface area contributed by atoms with Crippen LogP contribution in [0.5, 0.6) is 0 Å². The van der Waals surface area contributed by atoms with Crippen molar-refractivity contribution in [1.29, 1.82) is 0 Å². The Morgan fingerprint density at radius 2 is 1.60 bits per heavy atom. The molecule has 3 aromatic carbocycles. The smallest absolute Gasteiger partial charge is 0.261 e. The lowest BCUT2D eigenvalue weighted by atomic mass is 10.1. The Bertz CT molecular complexity index is 1370. The van der Waals surface area contributed by atoms with E-state index >= 15 is 0 Å². The van der Waals surface area contributed by atoms with Gasteiger partial charge in [-0.05, 0) is 61.0 Å². The molecule has 0 aliphatic heterocycles. The van der Waals surface area contributed by atoms with E-state index in [1.807, 2.05) is 0 Å². The molecule has 11 heteroatoms. The number of amides is 3. The van der Waals surface area contributed by atoms with Crippen molar-refractivity contribution >= 4 is 39.1 Å². The molecule has 3 rings (SSSR count). The SMILES string of the molecule is Cc1ccc(S(=O)(=O)Nc2ccc(F)cc2)cc1C(=O)Nc1ccccc1C(=O)NCCC(N)=O. The number of carbonyl (C=O) groups is 3. The van der Waals surface area contributed by atoms with E-state index in [9.17, 15) is 27.2 Å². The van der Waals surface area contributed by atoms with Crippen molar-refractivity contribution < 1.29 is 27.2 Å². The second kappa shape index (κ2) is 10.8. The lowest BCUT2D eigenvalue weighted by molar-refractivity contribution is -0.117. The van der Waals surface area contributed by atoms with E-state index < -0.39 is 33.6 Å². The quantitative estimate of drug-likeness (QED) is 0.358. The Balaban J connectivity index is 1.82. The van der Waals surface area contributed by atoms with Crippen molar-refractivity contribution in [2.24, 2.45) is 5.73 Å². The predicted molar refractivity (Wildman–Crippen MR) is 129 cm³/mol. The standard InChI is InChI=1S/C24H23FN4O5S/c1-15-6-11-18(35(33,34)29-17-9-7-16(25)8-10-17)14-20(15)24(32)28-21-5-3-2-4-19(21)23(31)27-13-12-22(26)30/h2-11,14,29H,12-13H2,1H3,(H2,26,30)(H,27,31)(H,28,32). The first-order chi connectivity index (χ1) is 16.6. The summed E-state index contributed by atoms with van der Waals surface area (Å²) < 4.78 is 41.1. The van der Waals surface area contributed by atoms with Crippen molar-refractivity contribution in [3.8, 4) is 0 Å². The summed E-state index contributed by atoms with van der Waals surface area (Å²) >= 11 is 0. The van der Waals surface area contributed by atoms with E-state index in [-0.39, 0.29) is 40.4 Å². The monoisotopic (exact) mass is 498 g/mol. The van der Waals surface area contributed by atoms with Gasteiger partial charge in [-0.25, -0.2) is 12.8 Å². The minimum atomic E-state index is -4.07. The Morgan fingerprint density at radius 1 is 0.914 bits per heavy atom. The molecule has 0 spiro atoms. The van der Waals surface area contributed by atoms with Crippen LogP contribution in [-0.2, 0) is 14.8 Å². The van der Waals surface area contributed by atoms with Gasteiger partial charge in [0.2, 0.25) is 5.91 Å². The molecule has 0 aliphatic carbocycles. The molecule has 0 radical (unpaired) electrons. The average molecular weight is 499 g/mol. The Kier molecular flexibility index (Phi) is 7.82. The van der Waals surface area contributed by atoms with Crippen LogP contribution in [0.1, 0.15) is 32.7 Å². The third kappa shape index (κ3) is 6.64. The zero-order chi connectivity index (χ0) is 25.6. The van der Waals surface area contributed by atoms with Crippen molar-refractivity contribution in [3.05, 3.63) is 89.2 Å². The van der Waals surface area contributed by atoms with E-state index in [4.69, 9.17) is 5.73 Å². The number of nitrogens with one attached hydrogen (secondary N) is 3. The number of nitrogens with two attached hydrogens (primary N) is 1. The number of hydrogen-bond acceptors (Lipinski definition) is 5. The van der Waals surface area contributed by atoms with Crippen molar-refractivity contribution in [2.75, 3.05) is 16.6 Å². The molecule has 0 aliphatic rings. The number of hydrogen-bond donors (Lipinski definition) is 4. The van der Waals surface area contributed by atoms with E-state index in [2.05, 4.69) is 15.4 Å². The fourth-order valence-electron chi connectivity index (χ4n) is 3.12. The predicted octanol–water partition coefficient (Wildman–Crippen LogP) is 2.79. The molecule has 182 valence electrons. The van der Waals surface area contributed by atoms with E-state index in [1.54, 1.807) is 19.1 Å². The lowest BCUT2D eigenvalue weighted by Crippen LogP contribution is -2.29. The van der Waals surface area contributed by atoms with Crippen LogP contribution in [0.25, 0.3) is 0 Å². The summed E-state index contributed by atoms with van der Waals surface area (Å²) in [5, 5.41) is 5.18. The summed E-state index contributed by atoms with van der Waals surface area (Å²) in [4.78, 5) is 36.2. The van der Waals surface area contributed by atoms with Crippen LogP contribution >= 0.6 is 0 Å². The largest absolute Gasteiger partial charge is 0.370 e. The number of rotatable bonds is 9. The highest BCUT2D eigenvalue weighted by Gasteiger charge is 2.20. The van der Waals surface area contributed by atoms with Gasteiger partial charge in [-0.1, -0.05) is 18.2 Å². The van der Waals surface area contributed by atoms with Gasteiger partial charge in [0.05, 0.1) is 16.1 Å². The molecule has 35 heavy (non-hydrogen) atoms. The topological polar surface area (TPSA) is 147 Å². The van der Waals surface area contributed by atoms with Gasteiger partial charge in [-0.15, -0.1) is 0 Å². The number of halogens is 1. The van der Waals surface area contributed by atoms with Gasteiger partial charge < -0.3 is 16.4 Å². The van der Waals surface area contributed by atoms with E-state index in [0.29, 0.717) is 5.56 Å². The number of para-hydroxylation sites is 1. The van der Waals surface area contributed by atoms with Crippen LogP contribution in [0.2, 0.25) is 0 Å². The van der Waals surface area contributed by atoms with Gasteiger partial charge in [0.25, 0.3) is 21.8 Å². The molecule has 0 fully saturated rings. The Hall–Kier alpha value is -4.25.